The zero-order valence-corrected chi connectivity index (χ0v) is 17.6. The third-order valence-electron chi connectivity index (χ3n) is 5.62. The van der Waals surface area contributed by atoms with Gasteiger partial charge in [-0.05, 0) is 25.0 Å². The van der Waals surface area contributed by atoms with Gasteiger partial charge in [-0.2, -0.15) is 8.78 Å². The molecule has 3 heterocycles. The van der Waals surface area contributed by atoms with Crippen LogP contribution in [0.25, 0.3) is 0 Å². The lowest BCUT2D eigenvalue weighted by Gasteiger charge is -2.35. The van der Waals surface area contributed by atoms with Crippen LogP contribution in [0, 0.1) is 0 Å². The number of halogens is 2. The van der Waals surface area contributed by atoms with E-state index in [4.69, 9.17) is 0 Å². The lowest BCUT2D eigenvalue weighted by Crippen LogP contribution is -2.49. The SMILES string of the molecule is O=C(c1ccccc1S(=O)(=O)C(F)F)N1CCN(c2cc(N3CCCC3)ncn2)CC1. The fourth-order valence-electron chi connectivity index (χ4n) is 3.93. The molecule has 0 aliphatic carbocycles. The fraction of sp³-hybridized carbons (Fsp3) is 0.450. The van der Waals surface area contributed by atoms with Gasteiger partial charge >= 0.3 is 5.76 Å². The Morgan fingerprint density at radius 2 is 1.48 bits per heavy atom. The molecule has 1 aromatic carbocycles. The maximum atomic E-state index is 13.0. The number of hydrogen-bond acceptors (Lipinski definition) is 7. The van der Waals surface area contributed by atoms with Gasteiger partial charge < -0.3 is 14.7 Å². The molecule has 0 atom stereocenters. The molecular weight excluding hydrogens is 428 g/mol. The monoisotopic (exact) mass is 451 g/mol. The lowest BCUT2D eigenvalue weighted by molar-refractivity contribution is 0.0742. The topological polar surface area (TPSA) is 86.7 Å². The van der Waals surface area contributed by atoms with E-state index < -0.39 is 26.4 Å². The number of piperazine rings is 1. The molecular formula is C20H23F2N5O3S. The van der Waals surface area contributed by atoms with Crippen molar-refractivity contribution in [2.75, 3.05) is 49.1 Å². The van der Waals surface area contributed by atoms with Gasteiger partial charge in [0.1, 0.15) is 18.0 Å². The summed E-state index contributed by atoms with van der Waals surface area (Å²) in [5.74, 6) is -2.50. The van der Waals surface area contributed by atoms with Gasteiger partial charge in [0.2, 0.25) is 9.84 Å². The Kier molecular flexibility index (Phi) is 6.03. The van der Waals surface area contributed by atoms with Gasteiger partial charge in [-0.3, -0.25) is 4.79 Å². The van der Waals surface area contributed by atoms with Gasteiger partial charge in [-0.15, -0.1) is 0 Å². The van der Waals surface area contributed by atoms with E-state index in [1.165, 1.54) is 29.4 Å². The number of benzene rings is 1. The average molecular weight is 451 g/mol. The van der Waals surface area contributed by atoms with Gasteiger partial charge in [0, 0.05) is 45.3 Å². The summed E-state index contributed by atoms with van der Waals surface area (Å²) in [4.78, 5) is 26.7. The van der Waals surface area contributed by atoms with Crippen LogP contribution in [0.3, 0.4) is 0 Å². The normalized spacial score (nSPS) is 17.5. The first kappa shape index (κ1) is 21.4. The minimum Gasteiger partial charge on any atom is -0.356 e. The average Bonchev–Trinajstić information content (AvgIpc) is 3.34. The van der Waals surface area contributed by atoms with Crippen molar-refractivity contribution < 1.29 is 22.0 Å². The summed E-state index contributed by atoms with van der Waals surface area (Å²) in [6.07, 6.45) is 3.82. The molecule has 0 bridgehead atoms. The number of amides is 1. The molecule has 0 N–H and O–H groups in total. The Hall–Kier alpha value is -2.82. The number of alkyl halides is 2. The minimum absolute atomic E-state index is 0.227. The summed E-state index contributed by atoms with van der Waals surface area (Å²) in [6.45, 7) is 3.58. The van der Waals surface area contributed by atoms with Crippen LogP contribution < -0.4 is 9.80 Å². The predicted molar refractivity (Wildman–Crippen MR) is 111 cm³/mol. The summed E-state index contributed by atoms with van der Waals surface area (Å²) in [7, 11) is -4.87. The van der Waals surface area contributed by atoms with Crippen molar-refractivity contribution in [3.63, 3.8) is 0 Å². The predicted octanol–water partition coefficient (Wildman–Crippen LogP) is 2.04. The number of anilines is 2. The number of sulfone groups is 1. The Balaban J connectivity index is 1.47. The zero-order chi connectivity index (χ0) is 22.0. The van der Waals surface area contributed by atoms with Crippen LogP contribution in [0.15, 0.2) is 41.6 Å². The molecule has 166 valence electrons. The highest BCUT2D eigenvalue weighted by atomic mass is 32.2. The van der Waals surface area contributed by atoms with E-state index in [1.807, 2.05) is 11.0 Å². The molecule has 2 saturated heterocycles. The second-order valence-electron chi connectivity index (χ2n) is 7.51. The van der Waals surface area contributed by atoms with Crippen molar-refractivity contribution in [3.05, 3.63) is 42.2 Å². The maximum Gasteiger partial charge on any atom is 0.341 e. The third-order valence-corrected chi connectivity index (χ3v) is 7.06. The molecule has 2 aliphatic heterocycles. The van der Waals surface area contributed by atoms with Gasteiger partial charge in [-0.1, -0.05) is 12.1 Å². The van der Waals surface area contributed by atoms with E-state index in [-0.39, 0.29) is 5.56 Å². The summed E-state index contributed by atoms with van der Waals surface area (Å²) in [5.41, 5.74) is -0.227. The van der Waals surface area contributed by atoms with Crippen molar-refractivity contribution in [1.29, 1.82) is 0 Å². The third kappa shape index (κ3) is 4.32. The maximum absolute atomic E-state index is 13.0. The zero-order valence-electron chi connectivity index (χ0n) is 16.8. The standard InChI is InChI=1S/C20H23F2N5O3S/c21-20(22)31(29,30)16-6-2-1-5-15(16)19(28)27-11-9-26(10-12-27)18-13-17(23-14-24-18)25-7-3-4-8-25/h1-2,5-6,13-14,20H,3-4,7-12H2. The van der Waals surface area contributed by atoms with Crippen LogP contribution in [0.5, 0.6) is 0 Å². The molecule has 31 heavy (non-hydrogen) atoms. The molecule has 4 rings (SSSR count). The molecule has 0 unspecified atom stereocenters. The number of carbonyl (C=O) groups excluding carboxylic acids is 1. The van der Waals surface area contributed by atoms with Crippen molar-refractivity contribution in [2.45, 2.75) is 23.5 Å². The highest BCUT2D eigenvalue weighted by molar-refractivity contribution is 7.91. The first-order chi connectivity index (χ1) is 14.9. The van der Waals surface area contributed by atoms with E-state index in [0.717, 1.165) is 43.6 Å². The van der Waals surface area contributed by atoms with Crippen LogP contribution in [0.1, 0.15) is 23.2 Å². The van der Waals surface area contributed by atoms with Crippen molar-refractivity contribution in [3.8, 4) is 0 Å². The highest BCUT2D eigenvalue weighted by Crippen LogP contribution is 2.25. The van der Waals surface area contributed by atoms with Gasteiger partial charge in [0.05, 0.1) is 10.5 Å². The molecule has 0 saturated carbocycles. The van der Waals surface area contributed by atoms with Gasteiger partial charge in [-0.25, -0.2) is 18.4 Å². The Morgan fingerprint density at radius 3 is 2.10 bits per heavy atom. The summed E-state index contributed by atoms with van der Waals surface area (Å²) < 4.78 is 50.0. The molecule has 11 heteroatoms. The smallest absolute Gasteiger partial charge is 0.341 e. The molecule has 2 fully saturated rings. The minimum atomic E-state index is -4.87. The number of carbonyl (C=O) groups is 1. The number of aromatic nitrogens is 2. The second-order valence-corrected chi connectivity index (χ2v) is 9.40. The summed E-state index contributed by atoms with van der Waals surface area (Å²) >= 11 is 0. The molecule has 1 amide bonds. The molecule has 0 radical (unpaired) electrons. The van der Waals surface area contributed by atoms with Crippen LogP contribution in [-0.2, 0) is 9.84 Å². The van der Waals surface area contributed by atoms with Crippen LogP contribution >= 0.6 is 0 Å². The fourth-order valence-corrected chi connectivity index (χ4v) is 4.85. The van der Waals surface area contributed by atoms with Crippen molar-refractivity contribution in [2.24, 2.45) is 0 Å². The second kappa shape index (κ2) is 8.74. The first-order valence-electron chi connectivity index (χ1n) is 10.1. The van der Waals surface area contributed by atoms with Crippen LogP contribution in [0.2, 0.25) is 0 Å². The molecule has 2 aromatic rings. The molecule has 0 spiro atoms. The van der Waals surface area contributed by atoms with Crippen LogP contribution in [-0.4, -0.2) is 74.2 Å². The lowest BCUT2D eigenvalue weighted by atomic mass is 10.2. The van der Waals surface area contributed by atoms with Crippen LogP contribution in [0.4, 0.5) is 20.4 Å². The summed E-state index contributed by atoms with van der Waals surface area (Å²) in [6, 6.07) is 7.06. The molecule has 2 aliphatic rings. The largest absolute Gasteiger partial charge is 0.356 e. The Bertz CT molecular complexity index is 1050. The van der Waals surface area contributed by atoms with Gasteiger partial charge in [0.25, 0.3) is 5.91 Å². The van der Waals surface area contributed by atoms with E-state index in [1.54, 1.807) is 0 Å². The van der Waals surface area contributed by atoms with E-state index >= 15 is 0 Å². The number of rotatable bonds is 5. The van der Waals surface area contributed by atoms with E-state index in [0.29, 0.717) is 26.2 Å². The molecule has 1 aromatic heterocycles. The summed E-state index contributed by atoms with van der Waals surface area (Å²) in [5, 5.41) is 0. The number of hydrogen-bond donors (Lipinski definition) is 0. The highest BCUT2D eigenvalue weighted by Gasteiger charge is 2.33. The Labute approximate surface area is 179 Å². The van der Waals surface area contributed by atoms with E-state index in [9.17, 15) is 22.0 Å². The number of nitrogens with zero attached hydrogens (tertiary/aromatic N) is 5. The first-order valence-corrected chi connectivity index (χ1v) is 11.6. The van der Waals surface area contributed by atoms with Gasteiger partial charge in [0.15, 0.2) is 0 Å². The molecule has 8 nitrogen and oxygen atoms in total. The quantitative estimate of drug-likeness (QED) is 0.688. The van der Waals surface area contributed by atoms with Crippen molar-refractivity contribution in [1.82, 2.24) is 14.9 Å². The van der Waals surface area contributed by atoms with E-state index in [2.05, 4.69) is 14.9 Å². The van der Waals surface area contributed by atoms with Crippen molar-refractivity contribution >= 4 is 27.4 Å². The Morgan fingerprint density at radius 1 is 0.903 bits per heavy atom.